The molecule has 164 valence electrons. The third-order valence-electron chi connectivity index (χ3n) is 5.75. The predicted molar refractivity (Wildman–Crippen MR) is 113 cm³/mol. The Balaban J connectivity index is 1.25. The molecule has 2 unspecified atom stereocenters. The lowest BCUT2D eigenvalue weighted by Crippen LogP contribution is -2.35. The maximum Gasteiger partial charge on any atom is 0.264 e. The number of benzene rings is 1. The van der Waals surface area contributed by atoms with E-state index in [0.717, 1.165) is 24.8 Å². The number of hydrogen-bond donors (Lipinski definition) is 2. The van der Waals surface area contributed by atoms with Crippen LogP contribution in [0.1, 0.15) is 30.9 Å². The van der Waals surface area contributed by atoms with Crippen molar-refractivity contribution in [2.75, 3.05) is 13.6 Å². The fourth-order valence-electron chi connectivity index (χ4n) is 3.87. The molecule has 9 nitrogen and oxygen atoms in total. The zero-order valence-electron chi connectivity index (χ0n) is 17.6. The van der Waals surface area contributed by atoms with Crippen LogP contribution < -0.4 is 16.4 Å². The second-order valence-corrected chi connectivity index (χ2v) is 7.97. The topological polar surface area (TPSA) is 97.1 Å². The monoisotopic (exact) mass is 427 g/mol. The predicted octanol–water partition coefficient (Wildman–Crippen LogP) is 1.12. The molecule has 0 saturated carbocycles. The van der Waals surface area contributed by atoms with E-state index < -0.39 is 0 Å². The molecule has 0 bridgehead atoms. The van der Waals surface area contributed by atoms with Gasteiger partial charge < -0.3 is 4.90 Å². The summed E-state index contributed by atoms with van der Waals surface area (Å²) < 4.78 is 15.9. The van der Waals surface area contributed by atoms with Crippen LogP contribution in [0.2, 0.25) is 0 Å². The minimum absolute atomic E-state index is 0.0525. The van der Waals surface area contributed by atoms with Crippen molar-refractivity contribution in [1.82, 2.24) is 35.1 Å². The molecular weight excluding hydrogens is 401 g/mol. The number of fused-ring (bicyclic) bond motifs is 1. The van der Waals surface area contributed by atoms with Gasteiger partial charge in [0.05, 0.1) is 6.20 Å². The van der Waals surface area contributed by atoms with Gasteiger partial charge in [-0.25, -0.2) is 9.37 Å². The first-order valence-electron chi connectivity index (χ1n) is 10.3. The molecule has 0 spiro atoms. The lowest BCUT2D eigenvalue weighted by atomic mass is 9.99. The summed E-state index contributed by atoms with van der Waals surface area (Å²) in [4.78, 5) is 30.9. The van der Waals surface area contributed by atoms with Crippen LogP contribution in [0.3, 0.4) is 0 Å². The lowest BCUT2D eigenvalue weighted by molar-refractivity contribution is -0.130. The Morgan fingerprint density at radius 1 is 1.29 bits per heavy atom. The Morgan fingerprint density at radius 3 is 2.84 bits per heavy atom. The SMILES string of the molecule is CN(CCCC1CC(c2ccc(F)cc2)NN1)C(=O)Cn1cnc2c(cnn2C)c1=O. The summed E-state index contributed by atoms with van der Waals surface area (Å²) in [5, 5.41) is 4.44. The molecule has 1 aliphatic heterocycles. The van der Waals surface area contributed by atoms with Crippen LogP contribution in [-0.4, -0.2) is 49.8 Å². The number of nitrogens with one attached hydrogen (secondary N) is 2. The number of nitrogens with zero attached hydrogens (tertiary/aromatic N) is 5. The van der Waals surface area contributed by atoms with E-state index in [1.54, 1.807) is 31.1 Å². The van der Waals surface area contributed by atoms with Crippen LogP contribution in [0.5, 0.6) is 0 Å². The van der Waals surface area contributed by atoms with Crippen LogP contribution in [0, 0.1) is 5.82 Å². The molecule has 0 radical (unpaired) electrons. The number of aryl methyl sites for hydroxylation is 1. The molecule has 4 rings (SSSR count). The van der Waals surface area contributed by atoms with Crippen LogP contribution >= 0.6 is 0 Å². The summed E-state index contributed by atoms with van der Waals surface area (Å²) in [6.07, 6.45) is 5.48. The standard InChI is InChI=1S/C21H26FN7O2/c1-27(19(30)12-29-13-23-20-17(21(29)31)11-24-28(20)2)9-3-4-16-10-18(26-25-16)14-5-7-15(22)8-6-14/h5-8,11,13,16,18,25-26H,3-4,9-10,12H2,1-2H3. The molecule has 10 heteroatoms. The first kappa shape index (κ1) is 21.1. The summed E-state index contributed by atoms with van der Waals surface area (Å²) in [5.41, 5.74) is 7.81. The quantitative estimate of drug-likeness (QED) is 0.587. The van der Waals surface area contributed by atoms with Gasteiger partial charge in [0.1, 0.15) is 24.1 Å². The Kier molecular flexibility index (Phi) is 6.10. The summed E-state index contributed by atoms with van der Waals surface area (Å²) in [6, 6.07) is 6.95. The van der Waals surface area contributed by atoms with Crippen LogP contribution in [0.25, 0.3) is 11.0 Å². The molecule has 31 heavy (non-hydrogen) atoms. The Labute approximate surface area is 178 Å². The summed E-state index contributed by atoms with van der Waals surface area (Å²) >= 11 is 0. The molecule has 3 aromatic rings. The van der Waals surface area contributed by atoms with E-state index >= 15 is 0 Å². The van der Waals surface area contributed by atoms with Gasteiger partial charge in [-0.3, -0.25) is 29.7 Å². The van der Waals surface area contributed by atoms with Crippen molar-refractivity contribution in [2.24, 2.45) is 7.05 Å². The summed E-state index contributed by atoms with van der Waals surface area (Å²) in [6.45, 7) is 0.540. The van der Waals surface area contributed by atoms with Crippen molar-refractivity contribution in [3.8, 4) is 0 Å². The first-order valence-corrected chi connectivity index (χ1v) is 10.3. The van der Waals surface area contributed by atoms with Gasteiger partial charge in [0.25, 0.3) is 5.56 Å². The minimum atomic E-state index is -0.270. The van der Waals surface area contributed by atoms with E-state index in [9.17, 15) is 14.0 Å². The molecule has 1 fully saturated rings. The number of likely N-dealkylation sites (N-methyl/N-ethyl adjacent to an activating group) is 1. The maximum atomic E-state index is 13.1. The third kappa shape index (κ3) is 4.64. The number of rotatable bonds is 7. The van der Waals surface area contributed by atoms with E-state index in [1.807, 2.05) is 0 Å². The molecule has 1 aliphatic rings. The first-order chi connectivity index (χ1) is 14.9. The Morgan fingerprint density at radius 2 is 2.06 bits per heavy atom. The fraction of sp³-hybridized carbons (Fsp3) is 0.429. The molecular formula is C21H26FN7O2. The highest BCUT2D eigenvalue weighted by Gasteiger charge is 2.24. The van der Waals surface area contributed by atoms with Gasteiger partial charge in [-0.15, -0.1) is 0 Å². The van der Waals surface area contributed by atoms with Crippen LogP contribution in [0.4, 0.5) is 4.39 Å². The smallest absolute Gasteiger partial charge is 0.264 e. The molecule has 2 aromatic heterocycles. The fourth-order valence-corrected chi connectivity index (χ4v) is 3.87. The zero-order chi connectivity index (χ0) is 22.0. The van der Waals surface area contributed by atoms with Gasteiger partial charge in [-0.1, -0.05) is 12.1 Å². The van der Waals surface area contributed by atoms with Crippen molar-refractivity contribution in [2.45, 2.75) is 37.9 Å². The lowest BCUT2D eigenvalue weighted by Gasteiger charge is -2.18. The highest BCUT2D eigenvalue weighted by molar-refractivity contribution is 5.77. The van der Waals surface area contributed by atoms with Crippen molar-refractivity contribution in [3.05, 3.63) is 58.5 Å². The van der Waals surface area contributed by atoms with Crippen molar-refractivity contribution in [3.63, 3.8) is 0 Å². The zero-order valence-corrected chi connectivity index (χ0v) is 17.6. The molecule has 2 atom stereocenters. The third-order valence-corrected chi connectivity index (χ3v) is 5.75. The van der Waals surface area contributed by atoms with Gasteiger partial charge in [0, 0.05) is 32.7 Å². The van der Waals surface area contributed by atoms with E-state index in [0.29, 0.717) is 17.6 Å². The van der Waals surface area contributed by atoms with Crippen LogP contribution in [0.15, 0.2) is 41.6 Å². The van der Waals surface area contributed by atoms with Crippen molar-refractivity contribution < 1.29 is 9.18 Å². The Bertz CT molecular complexity index is 1120. The Hall–Kier alpha value is -3.11. The van der Waals surface area contributed by atoms with Crippen molar-refractivity contribution in [1.29, 1.82) is 0 Å². The van der Waals surface area contributed by atoms with Gasteiger partial charge >= 0.3 is 0 Å². The van der Waals surface area contributed by atoms with E-state index in [2.05, 4.69) is 20.9 Å². The average molecular weight is 427 g/mol. The second-order valence-electron chi connectivity index (χ2n) is 7.97. The number of hydrazine groups is 1. The highest BCUT2D eigenvalue weighted by atomic mass is 19.1. The largest absolute Gasteiger partial charge is 0.344 e. The number of hydrogen-bond acceptors (Lipinski definition) is 6. The van der Waals surface area contributed by atoms with Crippen molar-refractivity contribution >= 4 is 16.9 Å². The van der Waals surface area contributed by atoms with E-state index in [4.69, 9.17) is 0 Å². The molecule has 1 aromatic carbocycles. The number of amides is 1. The summed E-state index contributed by atoms with van der Waals surface area (Å²) in [7, 11) is 3.46. The molecule has 1 saturated heterocycles. The number of carbonyl (C=O) groups excluding carboxylic acids is 1. The van der Waals surface area contributed by atoms with Gasteiger partial charge in [-0.2, -0.15) is 5.10 Å². The van der Waals surface area contributed by atoms with Gasteiger partial charge in [0.15, 0.2) is 5.65 Å². The number of carbonyl (C=O) groups is 1. The molecule has 2 N–H and O–H groups in total. The number of aromatic nitrogens is 4. The van der Waals surface area contributed by atoms with E-state index in [1.165, 1.54) is 33.9 Å². The second kappa shape index (κ2) is 8.94. The van der Waals surface area contributed by atoms with Gasteiger partial charge in [-0.05, 0) is 37.0 Å². The van der Waals surface area contributed by atoms with E-state index in [-0.39, 0.29) is 35.9 Å². The minimum Gasteiger partial charge on any atom is -0.344 e. The van der Waals surface area contributed by atoms with Crippen LogP contribution in [-0.2, 0) is 18.4 Å². The normalized spacial score (nSPS) is 18.5. The molecule has 0 aliphatic carbocycles. The highest BCUT2D eigenvalue weighted by Crippen LogP contribution is 2.24. The van der Waals surface area contributed by atoms with Gasteiger partial charge in [0.2, 0.25) is 5.91 Å². The summed E-state index contributed by atoms with van der Waals surface area (Å²) in [5.74, 6) is -0.383. The number of halogens is 1. The molecule has 3 heterocycles. The average Bonchev–Trinajstić information content (AvgIpc) is 3.38. The molecule has 1 amide bonds. The maximum absolute atomic E-state index is 13.1.